The number of H-pyrrole nitrogens is 1. The van der Waals surface area contributed by atoms with Crippen molar-refractivity contribution in [3.05, 3.63) is 102 Å². The molecule has 0 aliphatic rings. The summed E-state index contributed by atoms with van der Waals surface area (Å²) >= 11 is 0. The van der Waals surface area contributed by atoms with E-state index < -0.39 is 11.6 Å². The van der Waals surface area contributed by atoms with E-state index in [1.165, 1.54) is 0 Å². The van der Waals surface area contributed by atoms with Gasteiger partial charge in [-0.2, -0.15) is 0 Å². The van der Waals surface area contributed by atoms with Crippen LogP contribution in [0, 0.1) is 0 Å². The molecule has 0 unspecified atom stereocenters. The van der Waals surface area contributed by atoms with Crippen LogP contribution in [-0.2, 0) is 0 Å². The van der Waals surface area contributed by atoms with E-state index >= 15 is 0 Å². The monoisotopic (exact) mass is 352 g/mol. The molecule has 1 heterocycles. The number of aromatic amines is 1. The zero-order valence-electron chi connectivity index (χ0n) is 14.4. The summed E-state index contributed by atoms with van der Waals surface area (Å²) in [4.78, 5) is 33.3. The fourth-order valence-electron chi connectivity index (χ4n) is 2.91. The SMILES string of the molecule is O=C(C(=O)c1[nH]c(-c2ccccc2)nc1-c1ccccc1)c1ccccc1. The van der Waals surface area contributed by atoms with Crippen LogP contribution < -0.4 is 0 Å². The minimum atomic E-state index is -0.602. The quantitative estimate of drug-likeness (QED) is 0.414. The smallest absolute Gasteiger partial charge is 0.251 e. The second-order valence-electron chi connectivity index (χ2n) is 6.07. The third kappa shape index (κ3) is 3.33. The van der Waals surface area contributed by atoms with Gasteiger partial charge in [0.05, 0.1) is 0 Å². The fourth-order valence-corrected chi connectivity index (χ4v) is 2.91. The normalized spacial score (nSPS) is 10.5. The molecule has 4 aromatic rings. The van der Waals surface area contributed by atoms with E-state index in [0.29, 0.717) is 17.1 Å². The Kier molecular flexibility index (Phi) is 4.45. The Morgan fingerprint density at radius 1 is 0.630 bits per heavy atom. The third-order valence-corrected chi connectivity index (χ3v) is 4.27. The van der Waals surface area contributed by atoms with Crippen molar-refractivity contribution < 1.29 is 9.59 Å². The van der Waals surface area contributed by atoms with E-state index in [4.69, 9.17) is 0 Å². The van der Waals surface area contributed by atoms with Gasteiger partial charge in [0, 0.05) is 16.7 Å². The van der Waals surface area contributed by atoms with Gasteiger partial charge in [0.1, 0.15) is 17.2 Å². The molecule has 1 aromatic heterocycles. The summed E-state index contributed by atoms with van der Waals surface area (Å²) in [5.41, 5.74) is 2.66. The molecule has 27 heavy (non-hydrogen) atoms. The summed E-state index contributed by atoms with van der Waals surface area (Å²) < 4.78 is 0. The molecular weight excluding hydrogens is 336 g/mol. The molecule has 0 aliphatic carbocycles. The number of carbonyl (C=O) groups is 2. The van der Waals surface area contributed by atoms with Crippen LogP contribution in [0.3, 0.4) is 0 Å². The summed E-state index contributed by atoms with van der Waals surface area (Å²) in [5.74, 6) is -0.607. The van der Waals surface area contributed by atoms with Gasteiger partial charge in [-0.25, -0.2) is 4.98 Å². The largest absolute Gasteiger partial charge is 0.335 e. The maximum atomic E-state index is 13.0. The highest BCUT2D eigenvalue weighted by molar-refractivity contribution is 6.49. The number of ketones is 2. The van der Waals surface area contributed by atoms with Gasteiger partial charge in [-0.3, -0.25) is 9.59 Å². The van der Waals surface area contributed by atoms with Crippen molar-refractivity contribution in [2.75, 3.05) is 0 Å². The standard InChI is InChI=1S/C23H16N2O2/c26-21(17-12-6-2-7-13-17)22(27)20-19(16-10-4-1-5-11-16)24-23(25-20)18-14-8-3-9-15-18/h1-15H,(H,24,25). The van der Waals surface area contributed by atoms with Gasteiger partial charge in [-0.1, -0.05) is 91.0 Å². The summed E-state index contributed by atoms with van der Waals surface area (Å²) in [6.45, 7) is 0. The van der Waals surface area contributed by atoms with Crippen molar-refractivity contribution in [3.63, 3.8) is 0 Å². The molecule has 0 atom stereocenters. The molecule has 0 spiro atoms. The lowest BCUT2D eigenvalue weighted by molar-refractivity contribution is 0.0815. The Morgan fingerprint density at radius 2 is 1.15 bits per heavy atom. The molecule has 1 N–H and O–H groups in total. The number of benzene rings is 3. The van der Waals surface area contributed by atoms with E-state index in [1.807, 2.05) is 60.7 Å². The zero-order valence-corrected chi connectivity index (χ0v) is 14.4. The van der Waals surface area contributed by atoms with Crippen LogP contribution in [0.15, 0.2) is 91.0 Å². The molecule has 0 amide bonds. The van der Waals surface area contributed by atoms with E-state index in [1.54, 1.807) is 30.3 Å². The summed E-state index contributed by atoms with van der Waals surface area (Å²) in [6.07, 6.45) is 0. The van der Waals surface area contributed by atoms with Gasteiger partial charge < -0.3 is 4.98 Å². The van der Waals surface area contributed by atoms with E-state index in [2.05, 4.69) is 9.97 Å². The maximum Gasteiger partial charge on any atom is 0.251 e. The number of hydrogen-bond acceptors (Lipinski definition) is 3. The number of carbonyl (C=O) groups excluding carboxylic acids is 2. The van der Waals surface area contributed by atoms with Crippen molar-refractivity contribution in [2.45, 2.75) is 0 Å². The first-order chi connectivity index (χ1) is 13.2. The number of rotatable bonds is 5. The van der Waals surface area contributed by atoms with Crippen molar-refractivity contribution in [1.29, 1.82) is 0 Å². The topological polar surface area (TPSA) is 62.8 Å². The van der Waals surface area contributed by atoms with Crippen LogP contribution in [0.25, 0.3) is 22.6 Å². The van der Waals surface area contributed by atoms with E-state index in [9.17, 15) is 9.59 Å². The number of aromatic nitrogens is 2. The molecule has 0 aliphatic heterocycles. The van der Waals surface area contributed by atoms with Gasteiger partial charge in [0.2, 0.25) is 5.78 Å². The number of Topliss-reactive ketones (excluding diaryl/α,β-unsaturated/α-hetero) is 2. The second-order valence-corrected chi connectivity index (χ2v) is 6.07. The number of nitrogens with zero attached hydrogens (tertiary/aromatic N) is 1. The predicted molar refractivity (Wildman–Crippen MR) is 105 cm³/mol. The predicted octanol–water partition coefficient (Wildman–Crippen LogP) is 4.81. The third-order valence-electron chi connectivity index (χ3n) is 4.27. The van der Waals surface area contributed by atoms with Crippen molar-refractivity contribution in [3.8, 4) is 22.6 Å². The van der Waals surface area contributed by atoms with E-state index in [-0.39, 0.29) is 5.69 Å². The molecule has 0 saturated carbocycles. The molecule has 3 aromatic carbocycles. The minimum Gasteiger partial charge on any atom is -0.335 e. The molecule has 0 radical (unpaired) electrons. The van der Waals surface area contributed by atoms with Gasteiger partial charge in [0.25, 0.3) is 5.78 Å². The lowest BCUT2D eigenvalue weighted by Gasteiger charge is -2.02. The second kappa shape index (κ2) is 7.22. The van der Waals surface area contributed by atoms with E-state index in [0.717, 1.165) is 11.1 Å². The van der Waals surface area contributed by atoms with Crippen LogP contribution in [0.4, 0.5) is 0 Å². The van der Waals surface area contributed by atoms with Crippen LogP contribution in [-0.4, -0.2) is 21.5 Å². The van der Waals surface area contributed by atoms with Crippen LogP contribution in [0.2, 0.25) is 0 Å². The van der Waals surface area contributed by atoms with Crippen molar-refractivity contribution in [1.82, 2.24) is 9.97 Å². The first-order valence-corrected chi connectivity index (χ1v) is 8.59. The molecular formula is C23H16N2O2. The number of nitrogens with one attached hydrogen (secondary N) is 1. The number of hydrogen-bond donors (Lipinski definition) is 1. The maximum absolute atomic E-state index is 13.0. The highest BCUT2D eigenvalue weighted by atomic mass is 16.2. The Hall–Kier alpha value is -3.79. The Labute approximate surface area is 156 Å². The van der Waals surface area contributed by atoms with Crippen molar-refractivity contribution in [2.24, 2.45) is 0 Å². The zero-order chi connectivity index (χ0) is 18.6. The summed E-state index contributed by atoms with van der Waals surface area (Å²) in [7, 11) is 0. The van der Waals surface area contributed by atoms with Crippen LogP contribution in [0.1, 0.15) is 20.8 Å². The Morgan fingerprint density at radius 3 is 1.74 bits per heavy atom. The fraction of sp³-hybridized carbons (Fsp3) is 0. The first-order valence-electron chi connectivity index (χ1n) is 8.59. The van der Waals surface area contributed by atoms with Gasteiger partial charge >= 0.3 is 0 Å². The first kappa shape index (κ1) is 16.7. The highest BCUT2D eigenvalue weighted by Gasteiger charge is 2.25. The molecule has 4 heteroatoms. The summed E-state index contributed by atoms with van der Waals surface area (Å²) in [5, 5.41) is 0. The molecule has 0 saturated heterocycles. The molecule has 0 fully saturated rings. The summed E-state index contributed by atoms with van der Waals surface area (Å²) in [6, 6.07) is 27.5. The van der Waals surface area contributed by atoms with Crippen molar-refractivity contribution >= 4 is 11.6 Å². The number of imidazole rings is 1. The highest BCUT2D eigenvalue weighted by Crippen LogP contribution is 2.27. The minimum absolute atomic E-state index is 0.203. The van der Waals surface area contributed by atoms with Gasteiger partial charge in [-0.15, -0.1) is 0 Å². The molecule has 4 rings (SSSR count). The average Bonchev–Trinajstić information content (AvgIpc) is 3.20. The van der Waals surface area contributed by atoms with Crippen LogP contribution in [0.5, 0.6) is 0 Å². The van der Waals surface area contributed by atoms with Gasteiger partial charge in [-0.05, 0) is 0 Å². The van der Waals surface area contributed by atoms with Crippen LogP contribution >= 0.6 is 0 Å². The lowest BCUT2D eigenvalue weighted by atomic mass is 10.0. The molecule has 130 valence electrons. The average molecular weight is 352 g/mol. The molecule has 4 nitrogen and oxygen atoms in total. The molecule has 0 bridgehead atoms. The van der Waals surface area contributed by atoms with Gasteiger partial charge in [0.15, 0.2) is 0 Å². The Balaban J connectivity index is 1.82. The lowest BCUT2D eigenvalue weighted by Crippen LogP contribution is -2.15. The Bertz CT molecular complexity index is 1090.